The van der Waals surface area contributed by atoms with Gasteiger partial charge in [0.25, 0.3) is 0 Å². The summed E-state index contributed by atoms with van der Waals surface area (Å²) in [6.07, 6.45) is 2.44. The lowest BCUT2D eigenvalue weighted by Crippen LogP contribution is -2.30. The SMILES string of the molecule is NC(=O)CC1CCc2ccccc2N1. The van der Waals surface area contributed by atoms with Crippen molar-refractivity contribution in [2.75, 3.05) is 5.32 Å². The Labute approximate surface area is 83.3 Å². The highest BCUT2D eigenvalue weighted by molar-refractivity contribution is 5.75. The zero-order valence-corrected chi connectivity index (χ0v) is 7.99. The van der Waals surface area contributed by atoms with E-state index >= 15 is 0 Å². The van der Waals surface area contributed by atoms with E-state index in [0.29, 0.717) is 6.42 Å². The van der Waals surface area contributed by atoms with Crippen LogP contribution in [0.2, 0.25) is 0 Å². The van der Waals surface area contributed by atoms with Crippen LogP contribution in [0.5, 0.6) is 0 Å². The van der Waals surface area contributed by atoms with E-state index in [2.05, 4.69) is 11.4 Å². The summed E-state index contributed by atoms with van der Waals surface area (Å²) in [5.41, 5.74) is 7.63. The molecule has 0 radical (unpaired) electrons. The highest BCUT2D eigenvalue weighted by atomic mass is 16.1. The Morgan fingerprint density at radius 1 is 1.50 bits per heavy atom. The van der Waals surface area contributed by atoms with Gasteiger partial charge in [-0.3, -0.25) is 4.79 Å². The standard InChI is InChI=1S/C11H14N2O/c12-11(14)7-9-6-5-8-3-1-2-4-10(8)13-9/h1-4,9,13H,5-7H2,(H2,12,14). The topological polar surface area (TPSA) is 55.1 Å². The third-order valence-electron chi connectivity index (χ3n) is 2.59. The minimum absolute atomic E-state index is 0.211. The number of aryl methyl sites for hydroxylation is 1. The van der Waals surface area contributed by atoms with Gasteiger partial charge in [0.05, 0.1) is 0 Å². The van der Waals surface area contributed by atoms with E-state index in [1.54, 1.807) is 0 Å². The number of anilines is 1. The lowest BCUT2D eigenvalue weighted by molar-refractivity contribution is -0.118. The van der Waals surface area contributed by atoms with Gasteiger partial charge in [-0.25, -0.2) is 0 Å². The maximum atomic E-state index is 10.8. The number of rotatable bonds is 2. The number of carbonyl (C=O) groups excluding carboxylic acids is 1. The fourth-order valence-corrected chi connectivity index (χ4v) is 1.90. The molecule has 1 amide bonds. The van der Waals surface area contributed by atoms with Crippen molar-refractivity contribution < 1.29 is 4.79 Å². The molecule has 1 aromatic rings. The molecule has 1 aliphatic rings. The van der Waals surface area contributed by atoms with Crippen LogP contribution in [-0.2, 0) is 11.2 Å². The van der Waals surface area contributed by atoms with Crippen LogP contribution in [0, 0.1) is 0 Å². The van der Waals surface area contributed by atoms with Gasteiger partial charge in [0.2, 0.25) is 5.91 Å². The van der Waals surface area contributed by atoms with Crippen molar-refractivity contribution in [2.24, 2.45) is 5.73 Å². The van der Waals surface area contributed by atoms with Gasteiger partial charge in [-0.1, -0.05) is 18.2 Å². The van der Waals surface area contributed by atoms with E-state index < -0.39 is 0 Å². The number of primary amides is 1. The molecule has 0 fully saturated rings. The van der Waals surface area contributed by atoms with Crippen LogP contribution < -0.4 is 11.1 Å². The molecule has 1 atom stereocenters. The maximum absolute atomic E-state index is 10.8. The van der Waals surface area contributed by atoms with Gasteiger partial charge in [-0.2, -0.15) is 0 Å². The third kappa shape index (κ3) is 1.87. The summed E-state index contributed by atoms with van der Waals surface area (Å²) in [4.78, 5) is 10.8. The third-order valence-corrected chi connectivity index (χ3v) is 2.59. The average molecular weight is 190 g/mol. The maximum Gasteiger partial charge on any atom is 0.219 e. The average Bonchev–Trinajstić information content (AvgIpc) is 2.17. The van der Waals surface area contributed by atoms with Gasteiger partial charge < -0.3 is 11.1 Å². The normalized spacial score (nSPS) is 19.6. The number of benzene rings is 1. The van der Waals surface area contributed by atoms with Crippen LogP contribution in [-0.4, -0.2) is 11.9 Å². The first-order chi connectivity index (χ1) is 6.75. The summed E-state index contributed by atoms with van der Waals surface area (Å²) in [6, 6.07) is 8.40. The predicted molar refractivity (Wildman–Crippen MR) is 56.0 cm³/mol. The van der Waals surface area contributed by atoms with Gasteiger partial charge in [0.1, 0.15) is 0 Å². The van der Waals surface area contributed by atoms with Crippen molar-refractivity contribution in [2.45, 2.75) is 25.3 Å². The molecule has 0 spiro atoms. The molecule has 14 heavy (non-hydrogen) atoms. The quantitative estimate of drug-likeness (QED) is 0.738. The van der Waals surface area contributed by atoms with Gasteiger partial charge in [-0.05, 0) is 24.5 Å². The molecule has 0 saturated carbocycles. The van der Waals surface area contributed by atoms with Crippen LogP contribution in [0.3, 0.4) is 0 Å². The molecular weight excluding hydrogens is 176 g/mol. The molecule has 0 saturated heterocycles. The van der Waals surface area contributed by atoms with Gasteiger partial charge in [0.15, 0.2) is 0 Å². The van der Waals surface area contributed by atoms with Crippen LogP contribution in [0.25, 0.3) is 0 Å². The summed E-state index contributed by atoms with van der Waals surface area (Å²) >= 11 is 0. The van der Waals surface area contributed by atoms with Crippen LogP contribution in [0.4, 0.5) is 5.69 Å². The van der Waals surface area contributed by atoms with Crippen molar-refractivity contribution in [3.63, 3.8) is 0 Å². The predicted octanol–water partition coefficient (Wildman–Crippen LogP) is 1.29. The zero-order valence-electron chi connectivity index (χ0n) is 7.99. The Balaban J connectivity index is 2.09. The Morgan fingerprint density at radius 3 is 3.07 bits per heavy atom. The summed E-state index contributed by atoms with van der Waals surface area (Å²) in [5.74, 6) is -0.234. The second-order valence-electron chi connectivity index (χ2n) is 3.71. The van der Waals surface area contributed by atoms with E-state index in [1.807, 2.05) is 18.2 Å². The molecule has 3 nitrogen and oxygen atoms in total. The minimum atomic E-state index is -0.234. The number of nitrogens with two attached hydrogens (primary N) is 1. The smallest absolute Gasteiger partial charge is 0.219 e. The monoisotopic (exact) mass is 190 g/mol. The van der Waals surface area contributed by atoms with Gasteiger partial charge >= 0.3 is 0 Å². The lowest BCUT2D eigenvalue weighted by atomic mass is 9.96. The number of hydrogen-bond acceptors (Lipinski definition) is 2. The summed E-state index contributed by atoms with van der Waals surface area (Å²) < 4.78 is 0. The van der Waals surface area contributed by atoms with E-state index in [1.165, 1.54) is 5.56 Å². The Kier molecular flexibility index (Phi) is 2.39. The van der Waals surface area contributed by atoms with Crippen molar-refractivity contribution in [3.05, 3.63) is 29.8 Å². The molecule has 0 bridgehead atoms. The highest BCUT2D eigenvalue weighted by Gasteiger charge is 2.18. The van der Waals surface area contributed by atoms with Crippen LogP contribution in [0.15, 0.2) is 24.3 Å². The molecular formula is C11H14N2O. The van der Waals surface area contributed by atoms with Crippen LogP contribution >= 0.6 is 0 Å². The zero-order chi connectivity index (χ0) is 9.97. The fraction of sp³-hybridized carbons (Fsp3) is 0.364. The second kappa shape index (κ2) is 3.70. The van der Waals surface area contributed by atoms with E-state index in [-0.39, 0.29) is 11.9 Å². The van der Waals surface area contributed by atoms with Crippen molar-refractivity contribution in [3.8, 4) is 0 Å². The van der Waals surface area contributed by atoms with Crippen molar-refractivity contribution in [1.82, 2.24) is 0 Å². The largest absolute Gasteiger partial charge is 0.382 e. The first-order valence-corrected chi connectivity index (χ1v) is 4.88. The van der Waals surface area contributed by atoms with E-state index in [4.69, 9.17) is 5.73 Å². The number of para-hydroxylation sites is 1. The van der Waals surface area contributed by atoms with E-state index in [0.717, 1.165) is 18.5 Å². The molecule has 3 N–H and O–H groups in total. The Hall–Kier alpha value is -1.51. The second-order valence-corrected chi connectivity index (χ2v) is 3.71. The molecule has 0 aromatic heterocycles. The summed E-state index contributed by atoms with van der Waals surface area (Å²) in [6.45, 7) is 0. The molecule has 3 heteroatoms. The molecule has 0 aliphatic carbocycles. The van der Waals surface area contributed by atoms with Crippen LogP contribution in [0.1, 0.15) is 18.4 Å². The van der Waals surface area contributed by atoms with Gasteiger partial charge in [-0.15, -0.1) is 0 Å². The van der Waals surface area contributed by atoms with Gasteiger partial charge in [0, 0.05) is 18.2 Å². The number of amides is 1. The molecule has 1 unspecified atom stereocenters. The van der Waals surface area contributed by atoms with Crippen molar-refractivity contribution in [1.29, 1.82) is 0 Å². The first-order valence-electron chi connectivity index (χ1n) is 4.88. The van der Waals surface area contributed by atoms with Crippen molar-refractivity contribution >= 4 is 11.6 Å². The Morgan fingerprint density at radius 2 is 2.29 bits per heavy atom. The molecule has 2 rings (SSSR count). The molecule has 1 aromatic carbocycles. The summed E-state index contributed by atoms with van der Waals surface area (Å²) in [5, 5.41) is 3.33. The fourth-order valence-electron chi connectivity index (χ4n) is 1.90. The first kappa shape index (κ1) is 9.06. The van der Waals surface area contributed by atoms with E-state index in [9.17, 15) is 4.79 Å². The summed E-state index contributed by atoms with van der Waals surface area (Å²) in [7, 11) is 0. The number of fused-ring (bicyclic) bond motifs is 1. The highest BCUT2D eigenvalue weighted by Crippen LogP contribution is 2.25. The molecule has 1 heterocycles. The minimum Gasteiger partial charge on any atom is -0.382 e. The molecule has 74 valence electrons. The number of carbonyl (C=O) groups is 1. The number of nitrogens with one attached hydrogen (secondary N) is 1. The molecule has 1 aliphatic heterocycles. The number of hydrogen-bond donors (Lipinski definition) is 2. The Bertz CT molecular complexity index is 349. The lowest BCUT2D eigenvalue weighted by Gasteiger charge is -2.25.